The fourth-order valence-electron chi connectivity index (χ4n) is 8.80. The Morgan fingerprint density at radius 3 is 2.77 bits per heavy atom. The maximum atomic E-state index is 17.1. The van der Waals surface area contributed by atoms with E-state index in [0.717, 1.165) is 32.2 Å². The van der Waals surface area contributed by atoms with E-state index >= 15 is 8.78 Å². The van der Waals surface area contributed by atoms with Crippen LogP contribution in [-0.4, -0.2) is 89.5 Å². The lowest BCUT2D eigenvalue weighted by Crippen LogP contribution is -2.43. The fourth-order valence-corrected chi connectivity index (χ4v) is 8.80. The summed E-state index contributed by atoms with van der Waals surface area (Å²) in [7, 11) is 1.51. The number of benzene rings is 2. The molecule has 4 aliphatic rings. The summed E-state index contributed by atoms with van der Waals surface area (Å²) in [6, 6.07) is 6.49. The van der Waals surface area contributed by atoms with Gasteiger partial charge in [0, 0.05) is 50.8 Å². The Hall–Kier alpha value is -3.74. The molecule has 5 heterocycles. The van der Waals surface area contributed by atoms with E-state index in [1.54, 1.807) is 24.4 Å². The number of methoxy groups -OCH3 is 1. The van der Waals surface area contributed by atoms with Crippen LogP contribution >= 0.6 is 0 Å². The van der Waals surface area contributed by atoms with Crippen molar-refractivity contribution in [1.82, 2.24) is 19.9 Å². The Labute approximate surface area is 277 Å². The number of ether oxygens (including phenoxy) is 3. The van der Waals surface area contributed by atoms with Crippen LogP contribution < -0.4 is 14.4 Å². The topological polar surface area (TPSA) is 93.1 Å². The molecule has 4 aromatic rings. The van der Waals surface area contributed by atoms with Gasteiger partial charge in [0.2, 0.25) is 0 Å². The Morgan fingerprint density at radius 1 is 1.08 bits per heavy atom. The number of halogens is 3. The van der Waals surface area contributed by atoms with Gasteiger partial charge in [-0.15, -0.1) is 0 Å². The zero-order valence-corrected chi connectivity index (χ0v) is 27.2. The van der Waals surface area contributed by atoms with E-state index < -0.39 is 17.5 Å². The number of pyridine rings is 1. The number of fused-ring (bicyclic) bond motifs is 5. The van der Waals surface area contributed by atoms with Crippen molar-refractivity contribution in [3.05, 3.63) is 47.7 Å². The van der Waals surface area contributed by atoms with E-state index in [2.05, 4.69) is 19.8 Å². The molecule has 3 aliphatic heterocycles. The molecule has 0 unspecified atom stereocenters. The predicted molar refractivity (Wildman–Crippen MR) is 175 cm³/mol. The predicted octanol–water partition coefficient (Wildman–Crippen LogP) is 5.83. The number of hydrogen-bond acceptors (Lipinski definition) is 9. The van der Waals surface area contributed by atoms with Gasteiger partial charge >= 0.3 is 6.01 Å². The van der Waals surface area contributed by atoms with E-state index in [-0.39, 0.29) is 48.5 Å². The first-order valence-corrected chi connectivity index (χ1v) is 16.9. The minimum atomic E-state index is -0.917. The number of piperidine rings is 1. The van der Waals surface area contributed by atoms with Crippen molar-refractivity contribution in [2.45, 2.75) is 63.3 Å². The molecule has 9 nitrogen and oxygen atoms in total. The number of alkyl halides is 1. The first-order chi connectivity index (χ1) is 23.3. The molecule has 2 aromatic heterocycles. The molecule has 1 aliphatic carbocycles. The van der Waals surface area contributed by atoms with E-state index in [4.69, 9.17) is 19.2 Å². The van der Waals surface area contributed by atoms with Gasteiger partial charge in [0.15, 0.2) is 12.6 Å². The lowest BCUT2D eigenvalue weighted by molar-refractivity contribution is 0.0512. The summed E-state index contributed by atoms with van der Waals surface area (Å²) in [5, 5.41) is 12.3. The van der Waals surface area contributed by atoms with Crippen molar-refractivity contribution in [3.63, 3.8) is 0 Å². The fraction of sp³-hybridized carbons (Fsp3) is 0.528. The van der Waals surface area contributed by atoms with Gasteiger partial charge in [0.05, 0.1) is 17.0 Å². The van der Waals surface area contributed by atoms with E-state index in [1.165, 1.54) is 13.2 Å². The zero-order valence-electron chi connectivity index (χ0n) is 27.2. The maximum absolute atomic E-state index is 17.1. The molecule has 8 rings (SSSR count). The van der Waals surface area contributed by atoms with Gasteiger partial charge in [-0.2, -0.15) is 9.97 Å². The lowest BCUT2D eigenvalue weighted by atomic mass is 9.94. The van der Waals surface area contributed by atoms with Gasteiger partial charge in [-0.3, -0.25) is 9.88 Å². The van der Waals surface area contributed by atoms with Crippen LogP contribution in [-0.2, 0) is 11.2 Å². The van der Waals surface area contributed by atoms with Crippen LogP contribution in [0.15, 0.2) is 30.5 Å². The number of anilines is 1. The molecule has 0 spiro atoms. The Kier molecular flexibility index (Phi) is 8.08. The van der Waals surface area contributed by atoms with E-state index in [9.17, 15) is 9.50 Å². The summed E-state index contributed by atoms with van der Waals surface area (Å²) in [6.45, 7) is 4.46. The molecule has 1 N–H and O–H groups in total. The van der Waals surface area contributed by atoms with Crippen molar-refractivity contribution in [1.29, 1.82) is 0 Å². The third-order valence-corrected chi connectivity index (χ3v) is 11.0. The Morgan fingerprint density at radius 2 is 1.96 bits per heavy atom. The molecular weight excluding hydrogens is 623 g/mol. The zero-order chi connectivity index (χ0) is 33.2. The third-order valence-electron chi connectivity index (χ3n) is 11.0. The first-order valence-electron chi connectivity index (χ1n) is 16.9. The Balaban J connectivity index is 1.27. The molecule has 1 saturated carbocycles. The van der Waals surface area contributed by atoms with Crippen LogP contribution in [0.1, 0.15) is 44.6 Å². The number of nitrogens with zero attached hydrogens (tertiary/aromatic N) is 5. The van der Waals surface area contributed by atoms with Crippen molar-refractivity contribution in [2.24, 2.45) is 11.8 Å². The van der Waals surface area contributed by atoms with Crippen LogP contribution in [0.4, 0.5) is 19.0 Å². The summed E-state index contributed by atoms with van der Waals surface area (Å²) in [5.41, 5.74) is 0.407. The maximum Gasteiger partial charge on any atom is 0.319 e. The van der Waals surface area contributed by atoms with Crippen molar-refractivity contribution < 1.29 is 32.5 Å². The highest BCUT2D eigenvalue weighted by Gasteiger charge is 2.49. The van der Waals surface area contributed by atoms with Gasteiger partial charge in [-0.1, -0.05) is 13.0 Å². The van der Waals surface area contributed by atoms with Crippen LogP contribution in [0, 0.1) is 23.5 Å². The summed E-state index contributed by atoms with van der Waals surface area (Å²) < 4.78 is 63.9. The van der Waals surface area contributed by atoms with Crippen molar-refractivity contribution >= 4 is 27.5 Å². The molecule has 12 heteroatoms. The highest BCUT2D eigenvalue weighted by Crippen LogP contribution is 2.44. The Bertz CT molecular complexity index is 1880. The monoisotopic (exact) mass is 663 g/mol. The molecule has 2 aromatic carbocycles. The molecule has 0 amide bonds. The van der Waals surface area contributed by atoms with Gasteiger partial charge in [0.1, 0.15) is 41.4 Å². The second-order valence-electron chi connectivity index (χ2n) is 13.9. The molecule has 0 radical (unpaired) electrons. The lowest BCUT2D eigenvalue weighted by Gasteiger charge is -2.34. The summed E-state index contributed by atoms with van der Waals surface area (Å²) in [6.07, 6.45) is 4.47. The highest BCUT2D eigenvalue weighted by molar-refractivity contribution is 6.01. The summed E-state index contributed by atoms with van der Waals surface area (Å²) >= 11 is 0. The second-order valence-corrected chi connectivity index (χ2v) is 13.9. The number of hydrogen-bond donors (Lipinski definition) is 1. The molecule has 4 fully saturated rings. The average molecular weight is 664 g/mol. The number of aryl methyl sites for hydroxylation is 1. The van der Waals surface area contributed by atoms with Gasteiger partial charge in [-0.25, -0.2) is 13.2 Å². The average Bonchev–Trinajstić information content (AvgIpc) is 3.70. The van der Waals surface area contributed by atoms with Crippen LogP contribution in [0.25, 0.3) is 32.9 Å². The molecule has 254 valence electrons. The number of aliphatic hydroxyl groups excluding tert-OH is 1. The number of aliphatic hydroxyl groups is 1. The quantitative estimate of drug-likeness (QED) is 0.222. The molecule has 5 atom stereocenters. The largest absolute Gasteiger partial charge is 0.468 e. The van der Waals surface area contributed by atoms with Crippen molar-refractivity contribution in [3.8, 4) is 23.0 Å². The first kappa shape index (κ1) is 31.5. The molecule has 2 bridgehead atoms. The highest BCUT2D eigenvalue weighted by atomic mass is 19.1. The van der Waals surface area contributed by atoms with Crippen molar-refractivity contribution in [2.75, 3.05) is 51.6 Å². The molecule has 48 heavy (non-hydrogen) atoms. The molecule has 3 saturated heterocycles. The third kappa shape index (κ3) is 5.32. The van der Waals surface area contributed by atoms with E-state index in [0.29, 0.717) is 77.2 Å². The normalized spacial score (nSPS) is 26.9. The summed E-state index contributed by atoms with van der Waals surface area (Å²) in [4.78, 5) is 18.3. The standard InChI is InChI=1S/C36H40F3N5O4/c1-3-25-28(38)6-5-21-11-24(48-19-46-2)12-26(30(21)25)32-31(39)33-27(14-40-32)34(43-15-20-9-22(16-43)29(45)10-20)42-35(41-33)47-18-36-7-4-8-44(36)17-23(37)13-36/h5-6,11-12,14,20,22-23,29,45H,3-4,7-10,13,15-19H2,1-2H3/t20-,22-,23-,29-,36+/m1/s1. The van der Waals surface area contributed by atoms with Crippen LogP contribution in [0.2, 0.25) is 0 Å². The van der Waals surface area contributed by atoms with Gasteiger partial charge in [-0.05, 0) is 79.1 Å². The van der Waals surface area contributed by atoms with E-state index in [1.807, 2.05) is 6.92 Å². The SMILES string of the molecule is CCc1c(F)ccc2cc(OCOC)cc(-c3ncc4c(N5C[C@@H]6C[C@H](C5)[C@H](O)C6)nc(OC[C@@]56CCCN5C[C@H](F)C6)nc4c3F)c12. The smallest absolute Gasteiger partial charge is 0.319 e. The summed E-state index contributed by atoms with van der Waals surface area (Å²) in [5.74, 6) is 0.219. The van der Waals surface area contributed by atoms with Gasteiger partial charge < -0.3 is 24.2 Å². The number of aromatic nitrogens is 3. The van der Waals surface area contributed by atoms with Gasteiger partial charge in [0.25, 0.3) is 0 Å². The number of rotatable bonds is 9. The van der Waals surface area contributed by atoms with Crippen LogP contribution in [0.3, 0.4) is 0 Å². The minimum absolute atomic E-state index is 0.00275. The molecular formula is C36H40F3N5O4. The van der Waals surface area contributed by atoms with Crippen LogP contribution in [0.5, 0.6) is 11.8 Å². The minimum Gasteiger partial charge on any atom is -0.468 e. The second kappa shape index (κ2) is 12.3.